The van der Waals surface area contributed by atoms with E-state index < -0.39 is 0 Å². The van der Waals surface area contributed by atoms with Gasteiger partial charge < -0.3 is 16.0 Å². The van der Waals surface area contributed by atoms with Crippen LogP contribution in [0.25, 0.3) is 0 Å². The van der Waals surface area contributed by atoms with Crippen LogP contribution in [0.5, 0.6) is 0 Å². The van der Waals surface area contributed by atoms with Crippen molar-refractivity contribution in [2.75, 3.05) is 25.0 Å². The van der Waals surface area contributed by atoms with Gasteiger partial charge in [-0.1, -0.05) is 18.2 Å². The minimum Gasteiger partial charge on any atom is -0.381 e. The number of benzene rings is 2. The van der Waals surface area contributed by atoms with Crippen LogP contribution in [-0.2, 0) is 6.54 Å². The van der Waals surface area contributed by atoms with Gasteiger partial charge in [0.05, 0.1) is 0 Å². The first-order valence-corrected chi connectivity index (χ1v) is 8.23. The molecule has 3 N–H and O–H groups in total. The molecule has 3 rings (SSSR count). The highest BCUT2D eigenvalue weighted by Gasteiger charge is 2.25. The second kappa shape index (κ2) is 7.45. The van der Waals surface area contributed by atoms with Crippen LogP contribution < -0.4 is 11.1 Å². The summed E-state index contributed by atoms with van der Waals surface area (Å²) in [5.74, 6) is 0.220. The molecule has 1 aliphatic rings. The molecule has 0 aromatic heterocycles. The SMILES string of the molecule is NCC1CCN(C(=O)c2cccc(NCc3ccc(F)cc3)c2)C1. The fraction of sp³-hybridized carbons (Fsp3) is 0.316. The second-order valence-electron chi connectivity index (χ2n) is 6.20. The Morgan fingerprint density at radius 1 is 1.25 bits per heavy atom. The average molecular weight is 327 g/mol. The molecule has 1 unspecified atom stereocenters. The van der Waals surface area contributed by atoms with Gasteiger partial charge in [0.25, 0.3) is 5.91 Å². The van der Waals surface area contributed by atoms with Crippen molar-refractivity contribution >= 4 is 11.6 Å². The first-order chi connectivity index (χ1) is 11.7. The van der Waals surface area contributed by atoms with Gasteiger partial charge in [-0.25, -0.2) is 4.39 Å². The Kier molecular flexibility index (Phi) is 5.11. The number of carbonyl (C=O) groups is 1. The zero-order valence-corrected chi connectivity index (χ0v) is 13.5. The van der Waals surface area contributed by atoms with E-state index in [0.29, 0.717) is 24.6 Å². The van der Waals surface area contributed by atoms with Gasteiger partial charge in [0.15, 0.2) is 0 Å². The molecule has 0 spiro atoms. The van der Waals surface area contributed by atoms with E-state index in [1.807, 2.05) is 29.2 Å². The zero-order chi connectivity index (χ0) is 16.9. The van der Waals surface area contributed by atoms with Crippen molar-refractivity contribution in [1.29, 1.82) is 0 Å². The minimum atomic E-state index is -0.243. The van der Waals surface area contributed by atoms with Gasteiger partial charge in [-0.3, -0.25) is 4.79 Å². The third-order valence-electron chi connectivity index (χ3n) is 4.43. The first-order valence-electron chi connectivity index (χ1n) is 8.23. The van der Waals surface area contributed by atoms with Gasteiger partial charge >= 0.3 is 0 Å². The Morgan fingerprint density at radius 2 is 2.04 bits per heavy atom. The lowest BCUT2D eigenvalue weighted by Crippen LogP contribution is -2.29. The summed E-state index contributed by atoms with van der Waals surface area (Å²) in [5, 5.41) is 3.27. The predicted octanol–water partition coefficient (Wildman–Crippen LogP) is 2.86. The molecule has 1 aliphatic heterocycles. The van der Waals surface area contributed by atoms with Crippen LogP contribution in [0.1, 0.15) is 22.3 Å². The molecule has 24 heavy (non-hydrogen) atoms. The number of nitrogens with zero attached hydrogens (tertiary/aromatic N) is 1. The van der Waals surface area contributed by atoms with E-state index in [1.54, 1.807) is 12.1 Å². The monoisotopic (exact) mass is 327 g/mol. The van der Waals surface area contributed by atoms with Crippen LogP contribution in [0.2, 0.25) is 0 Å². The van der Waals surface area contributed by atoms with Crippen LogP contribution in [0, 0.1) is 11.7 Å². The molecule has 1 fully saturated rings. The number of carbonyl (C=O) groups excluding carboxylic acids is 1. The van der Waals surface area contributed by atoms with Crippen LogP contribution in [-0.4, -0.2) is 30.4 Å². The minimum absolute atomic E-state index is 0.0522. The number of nitrogens with one attached hydrogen (secondary N) is 1. The molecular formula is C19H22FN3O. The summed E-state index contributed by atoms with van der Waals surface area (Å²) in [7, 11) is 0. The van der Waals surface area contributed by atoms with Crippen molar-refractivity contribution in [3.8, 4) is 0 Å². The van der Waals surface area contributed by atoms with Crippen LogP contribution in [0.4, 0.5) is 10.1 Å². The van der Waals surface area contributed by atoms with Crippen molar-refractivity contribution in [3.05, 3.63) is 65.5 Å². The lowest BCUT2D eigenvalue weighted by Gasteiger charge is -2.17. The van der Waals surface area contributed by atoms with E-state index in [1.165, 1.54) is 12.1 Å². The van der Waals surface area contributed by atoms with Gasteiger partial charge in [-0.05, 0) is 54.8 Å². The van der Waals surface area contributed by atoms with Crippen LogP contribution >= 0.6 is 0 Å². The quantitative estimate of drug-likeness (QED) is 0.888. The lowest BCUT2D eigenvalue weighted by atomic mass is 10.1. The summed E-state index contributed by atoms with van der Waals surface area (Å²) in [5.41, 5.74) is 8.23. The molecule has 1 heterocycles. The number of halogens is 1. The number of hydrogen-bond donors (Lipinski definition) is 2. The zero-order valence-electron chi connectivity index (χ0n) is 13.5. The molecule has 0 radical (unpaired) electrons. The molecular weight excluding hydrogens is 305 g/mol. The lowest BCUT2D eigenvalue weighted by molar-refractivity contribution is 0.0787. The Labute approximate surface area is 141 Å². The van der Waals surface area contributed by atoms with E-state index in [0.717, 1.165) is 30.8 Å². The Morgan fingerprint density at radius 3 is 2.75 bits per heavy atom. The molecule has 0 saturated carbocycles. The van der Waals surface area contributed by atoms with E-state index in [-0.39, 0.29) is 11.7 Å². The fourth-order valence-corrected chi connectivity index (χ4v) is 2.96. The smallest absolute Gasteiger partial charge is 0.253 e. The van der Waals surface area contributed by atoms with Crippen molar-refractivity contribution in [1.82, 2.24) is 4.90 Å². The molecule has 2 aromatic rings. The fourth-order valence-electron chi connectivity index (χ4n) is 2.96. The highest BCUT2D eigenvalue weighted by atomic mass is 19.1. The number of rotatable bonds is 5. The number of amides is 1. The second-order valence-corrected chi connectivity index (χ2v) is 6.20. The Hall–Kier alpha value is -2.40. The summed E-state index contributed by atoms with van der Waals surface area (Å²) in [6, 6.07) is 13.9. The summed E-state index contributed by atoms with van der Waals surface area (Å²) in [6.07, 6.45) is 0.977. The van der Waals surface area contributed by atoms with E-state index in [2.05, 4.69) is 5.32 Å². The standard InChI is InChI=1S/C19H22FN3O/c20-17-6-4-14(5-7-17)12-22-18-3-1-2-16(10-18)19(24)23-9-8-15(11-21)13-23/h1-7,10,15,22H,8-9,11-13,21H2. The highest BCUT2D eigenvalue weighted by molar-refractivity contribution is 5.95. The van der Waals surface area contributed by atoms with Gasteiger partial charge in [-0.15, -0.1) is 0 Å². The summed E-state index contributed by atoms with van der Waals surface area (Å²) >= 11 is 0. The normalized spacial score (nSPS) is 17.1. The predicted molar refractivity (Wildman–Crippen MR) is 93.2 cm³/mol. The largest absolute Gasteiger partial charge is 0.381 e. The number of nitrogens with two attached hydrogens (primary N) is 1. The third-order valence-corrected chi connectivity index (χ3v) is 4.43. The van der Waals surface area contributed by atoms with Crippen molar-refractivity contribution in [2.45, 2.75) is 13.0 Å². The maximum absolute atomic E-state index is 12.9. The van der Waals surface area contributed by atoms with E-state index in [4.69, 9.17) is 5.73 Å². The van der Waals surface area contributed by atoms with Crippen molar-refractivity contribution in [2.24, 2.45) is 11.7 Å². The Bertz CT molecular complexity index is 702. The summed E-state index contributed by atoms with van der Waals surface area (Å²) < 4.78 is 12.9. The van der Waals surface area contributed by atoms with Gasteiger partial charge in [0, 0.05) is 30.9 Å². The highest BCUT2D eigenvalue weighted by Crippen LogP contribution is 2.20. The molecule has 0 aliphatic carbocycles. The summed E-state index contributed by atoms with van der Waals surface area (Å²) in [4.78, 5) is 14.5. The molecule has 0 bridgehead atoms. The number of anilines is 1. The van der Waals surface area contributed by atoms with Crippen molar-refractivity contribution in [3.63, 3.8) is 0 Å². The number of likely N-dealkylation sites (tertiary alicyclic amines) is 1. The van der Waals surface area contributed by atoms with Crippen LogP contribution in [0.15, 0.2) is 48.5 Å². The van der Waals surface area contributed by atoms with Gasteiger partial charge in [0.2, 0.25) is 0 Å². The average Bonchev–Trinajstić information content (AvgIpc) is 3.10. The van der Waals surface area contributed by atoms with Gasteiger partial charge in [0.1, 0.15) is 5.82 Å². The molecule has 5 heteroatoms. The van der Waals surface area contributed by atoms with Crippen LogP contribution in [0.3, 0.4) is 0 Å². The summed E-state index contributed by atoms with van der Waals surface area (Å²) in [6.45, 7) is 2.72. The Balaban J connectivity index is 1.63. The number of hydrogen-bond acceptors (Lipinski definition) is 3. The van der Waals surface area contributed by atoms with E-state index in [9.17, 15) is 9.18 Å². The molecule has 1 amide bonds. The first kappa shape index (κ1) is 16.5. The molecule has 126 valence electrons. The maximum atomic E-state index is 12.9. The molecule has 1 saturated heterocycles. The van der Waals surface area contributed by atoms with E-state index >= 15 is 0 Å². The third kappa shape index (κ3) is 3.92. The molecule has 1 atom stereocenters. The molecule has 4 nitrogen and oxygen atoms in total. The maximum Gasteiger partial charge on any atom is 0.253 e. The molecule has 2 aromatic carbocycles. The van der Waals surface area contributed by atoms with Crippen molar-refractivity contribution < 1.29 is 9.18 Å². The topological polar surface area (TPSA) is 58.4 Å². The van der Waals surface area contributed by atoms with Gasteiger partial charge in [-0.2, -0.15) is 0 Å².